The minimum Gasteiger partial charge on any atom is -0.380 e. The van der Waals surface area contributed by atoms with Gasteiger partial charge < -0.3 is 10.6 Å². The van der Waals surface area contributed by atoms with Crippen molar-refractivity contribution in [2.24, 2.45) is 7.05 Å². The molecule has 0 bridgehead atoms. The predicted octanol–water partition coefficient (Wildman–Crippen LogP) is 2.39. The summed E-state index contributed by atoms with van der Waals surface area (Å²) in [7, 11) is 1.83. The van der Waals surface area contributed by atoms with Crippen LogP contribution < -0.4 is 10.6 Å². The highest BCUT2D eigenvalue weighted by Crippen LogP contribution is 2.11. The monoisotopic (exact) mass is 276 g/mol. The number of hydrogen-bond acceptors (Lipinski definition) is 3. The number of rotatable bonds is 5. The first-order valence-corrected chi connectivity index (χ1v) is 6.33. The van der Waals surface area contributed by atoms with E-state index in [1.165, 1.54) is 24.3 Å². The maximum Gasteiger partial charge on any atom is 0.226 e. The molecular weight excluding hydrogens is 259 g/mol. The zero-order chi connectivity index (χ0) is 14.5. The molecule has 0 radical (unpaired) electrons. The third kappa shape index (κ3) is 4.08. The Hall–Kier alpha value is -2.37. The molecule has 20 heavy (non-hydrogen) atoms. The first-order chi connectivity index (χ1) is 9.52. The van der Waals surface area contributed by atoms with Gasteiger partial charge in [0, 0.05) is 31.4 Å². The Bertz CT molecular complexity index is 579. The van der Waals surface area contributed by atoms with Crippen molar-refractivity contribution in [2.75, 3.05) is 10.6 Å². The molecule has 106 valence electrons. The van der Waals surface area contributed by atoms with Gasteiger partial charge >= 0.3 is 0 Å². The maximum atomic E-state index is 12.7. The number of halogens is 1. The van der Waals surface area contributed by atoms with Crippen molar-refractivity contribution in [1.82, 2.24) is 9.78 Å². The molecule has 2 N–H and O–H groups in total. The molecule has 0 saturated heterocycles. The summed E-state index contributed by atoms with van der Waals surface area (Å²) in [5.74, 6) is -0.449. The van der Waals surface area contributed by atoms with E-state index in [1.54, 1.807) is 10.9 Å². The van der Waals surface area contributed by atoms with Crippen LogP contribution in [-0.2, 0) is 11.8 Å². The van der Waals surface area contributed by atoms with Crippen LogP contribution in [0.3, 0.4) is 0 Å². The predicted molar refractivity (Wildman–Crippen MR) is 75.9 cm³/mol. The average molecular weight is 276 g/mol. The van der Waals surface area contributed by atoms with E-state index in [-0.39, 0.29) is 17.8 Å². The largest absolute Gasteiger partial charge is 0.380 e. The summed E-state index contributed by atoms with van der Waals surface area (Å²) < 4.78 is 14.4. The molecule has 2 rings (SSSR count). The smallest absolute Gasteiger partial charge is 0.226 e. The van der Waals surface area contributed by atoms with Crippen LogP contribution in [0.2, 0.25) is 0 Å². The van der Waals surface area contributed by atoms with Crippen molar-refractivity contribution < 1.29 is 9.18 Å². The van der Waals surface area contributed by atoms with E-state index in [0.717, 1.165) is 5.69 Å². The highest BCUT2D eigenvalue weighted by Gasteiger charge is 2.10. The van der Waals surface area contributed by atoms with E-state index in [9.17, 15) is 9.18 Å². The summed E-state index contributed by atoms with van der Waals surface area (Å²) in [5.41, 5.74) is 1.46. The van der Waals surface area contributed by atoms with E-state index < -0.39 is 0 Å². The number of carbonyl (C=O) groups excluding carboxylic acids is 1. The van der Waals surface area contributed by atoms with Crippen LogP contribution in [0, 0.1) is 5.82 Å². The molecule has 0 aliphatic heterocycles. The maximum absolute atomic E-state index is 12.7. The second kappa shape index (κ2) is 6.18. The van der Waals surface area contributed by atoms with Crippen LogP contribution in [-0.4, -0.2) is 21.7 Å². The zero-order valence-corrected chi connectivity index (χ0v) is 11.4. The quantitative estimate of drug-likeness (QED) is 0.881. The van der Waals surface area contributed by atoms with Crippen LogP contribution in [0.25, 0.3) is 0 Å². The molecule has 0 spiro atoms. The molecule has 0 aliphatic carbocycles. The third-order valence-corrected chi connectivity index (χ3v) is 2.74. The summed E-state index contributed by atoms with van der Waals surface area (Å²) in [5, 5.41) is 9.95. The fourth-order valence-corrected chi connectivity index (χ4v) is 1.85. The van der Waals surface area contributed by atoms with Gasteiger partial charge in [-0.3, -0.25) is 9.48 Å². The first-order valence-electron chi connectivity index (χ1n) is 6.33. The molecule has 0 unspecified atom stereocenters. The van der Waals surface area contributed by atoms with Crippen LogP contribution in [0.15, 0.2) is 36.7 Å². The fraction of sp³-hybridized carbons (Fsp3) is 0.286. The zero-order valence-electron chi connectivity index (χ0n) is 11.4. The number of amides is 1. The lowest BCUT2D eigenvalue weighted by molar-refractivity contribution is -0.116. The van der Waals surface area contributed by atoms with Gasteiger partial charge in [0.25, 0.3) is 0 Å². The molecule has 0 aliphatic rings. The SMILES string of the molecule is C[C@@H](CC(=O)Nc1ccc(F)cc1)Nc1cnn(C)c1. The number of aryl methyl sites for hydroxylation is 1. The van der Waals surface area contributed by atoms with Crippen LogP contribution in [0.1, 0.15) is 13.3 Å². The Morgan fingerprint density at radius 2 is 2.05 bits per heavy atom. The van der Waals surface area contributed by atoms with Crippen molar-refractivity contribution in [3.05, 3.63) is 42.5 Å². The number of aromatic nitrogens is 2. The standard InChI is InChI=1S/C14H17FN4O/c1-10(17-13-8-16-19(2)9-13)7-14(20)18-12-5-3-11(15)4-6-12/h3-6,8-10,17H,7H2,1-2H3,(H,18,20)/t10-/m0/s1. The molecule has 2 aromatic rings. The molecule has 6 heteroatoms. The van der Waals surface area contributed by atoms with Gasteiger partial charge in [-0.05, 0) is 31.2 Å². The number of carbonyl (C=O) groups is 1. The van der Waals surface area contributed by atoms with Gasteiger partial charge in [0.15, 0.2) is 0 Å². The topological polar surface area (TPSA) is 59.0 Å². The van der Waals surface area contributed by atoms with E-state index in [2.05, 4.69) is 15.7 Å². The number of nitrogens with zero attached hydrogens (tertiary/aromatic N) is 2. The normalized spacial score (nSPS) is 11.9. The van der Waals surface area contributed by atoms with Gasteiger partial charge in [-0.1, -0.05) is 0 Å². The van der Waals surface area contributed by atoms with Gasteiger partial charge in [-0.15, -0.1) is 0 Å². The Balaban J connectivity index is 1.83. The lowest BCUT2D eigenvalue weighted by Gasteiger charge is -2.13. The minimum atomic E-state index is -0.324. The molecule has 1 atom stereocenters. The van der Waals surface area contributed by atoms with Crippen LogP contribution in [0.4, 0.5) is 15.8 Å². The van der Waals surface area contributed by atoms with Crippen LogP contribution >= 0.6 is 0 Å². The Morgan fingerprint density at radius 3 is 2.65 bits per heavy atom. The van der Waals surface area contributed by atoms with Crippen molar-refractivity contribution in [3.8, 4) is 0 Å². The number of benzene rings is 1. The molecule has 5 nitrogen and oxygen atoms in total. The summed E-state index contributed by atoms with van der Waals surface area (Å²) in [6.07, 6.45) is 3.86. The Morgan fingerprint density at radius 1 is 1.35 bits per heavy atom. The minimum absolute atomic E-state index is 0.0281. The molecule has 0 saturated carbocycles. The molecule has 1 amide bonds. The highest BCUT2D eigenvalue weighted by molar-refractivity contribution is 5.91. The van der Waals surface area contributed by atoms with Gasteiger partial charge in [0.05, 0.1) is 11.9 Å². The number of hydrogen-bond donors (Lipinski definition) is 2. The average Bonchev–Trinajstić information content (AvgIpc) is 2.77. The first kappa shape index (κ1) is 14.0. The van der Waals surface area contributed by atoms with E-state index in [1.807, 2.05) is 20.2 Å². The van der Waals surface area contributed by atoms with Gasteiger partial charge in [0.2, 0.25) is 5.91 Å². The van der Waals surface area contributed by atoms with E-state index in [0.29, 0.717) is 12.1 Å². The van der Waals surface area contributed by atoms with Crippen molar-refractivity contribution in [3.63, 3.8) is 0 Å². The fourth-order valence-electron chi connectivity index (χ4n) is 1.85. The summed E-state index contributed by atoms with van der Waals surface area (Å²) in [6, 6.07) is 5.67. The van der Waals surface area contributed by atoms with Crippen molar-refractivity contribution in [2.45, 2.75) is 19.4 Å². The second-order valence-electron chi connectivity index (χ2n) is 4.71. The molecule has 1 aromatic carbocycles. The van der Waals surface area contributed by atoms with Gasteiger partial charge in [-0.2, -0.15) is 5.10 Å². The Labute approximate surface area is 116 Å². The Kier molecular flexibility index (Phi) is 4.34. The summed E-state index contributed by atoms with van der Waals surface area (Å²) in [4.78, 5) is 11.8. The summed E-state index contributed by atoms with van der Waals surface area (Å²) in [6.45, 7) is 1.91. The summed E-state index contributed by atoms with van der Waals surface area (Å²) >= 11 is 0. The van der Waals surface area contributed by atoms with Crippen molar-refractivity contribution in [1.29, 1.82) is 0 Å². The lowest BCUT2D eigenvalue weighted by atomic mass is 10.2. The third-order valence-electron chi connectivity index (χ3n) is 2.74. The van der Waals surface area contributed by atoms with E-state index in [4.69, 9.17) is 0 Å². The van der Waals surface area contributed by atoms with Crippen LogP contribution in [0.5, 0.6) is 0 Å². The molecule has 1 aromatic heterocycles. The van der Waals surface area contributed by atoms with Gasteiger partial charge in [0.1, 0.15) is 5.82 Å². The molecule has 0 fully saturated rings. The number of nitrogens with one attached hydrogen (secondary N) is 2. The van der Waals surface area contributed by atoms with Crippen molar-refractivity contribution >= 4 is 17.3 Å². The van der Waals surface area contributed by atoms with Gasteiger partial charge in [-0.25, -0.2) is 4.39 Å². The molecule has 1 heterocycles. The second-order valence-corrected chi connectivity index (χ2v) is 4.71. The van der Waals surface area contributed by atoms with E-state index >= 15 is 0 Å². The number of anilines is 2. The lowest BCUT2D eigenvalue weighted by Crippen LogP contribution is -2.23. The highest BCUT2D eigenvalue weighted by atomic mass is 19.1. The molecular formula is C14H17FN4O.